The molecule has 1 saturated carbocycles. The number of rotatable bonds is 11. The first kappa shape index (κ1) is 30.4. The molecular weight excluding hydrogens is 572 g/mol. The molecule has 6 atom stereocenters. The topological polar surface area (TPSA) is 158 Å². The Morgan fingerprint density at radius 1 is 1.32 bits per heavy atom. The summed E-state index contributed by atoms with van der Waals surface area (Å²) in [6, 6.07) is 6.74. The molecular formula is C25H32ClFN3O9P. The van der Waals surface area contributed by atoms with Gasteiger partial charge in [0.05, 0.1) is 12.7 Å². The molecule has 1 aliphatic carbocycles. The number of nitrogens with zero attached hydrogens (tertiary/aromatic N) is 1. The van der Waals surface area contributed by atoms with Gasteiger partial charge in [-0.2, -0.15) is 5.09 Å². The number of alkyl halides is 2. The molecule has 0 radical (unpaired) electrons. The highest BCUT2D eigenvalue weighted by molar-refractivity contribution is 7.52. The molecule has 0 spiro atoms. The quantitative estimate of drug-likeness (QED) is 0.198. The van der Waals surface area contributed by atoms with Crippen LogP contribution in [-0.4, -0.2) is 56.7 Å². The van der Waals surface area contributed by atoms with Crippen molar-refractivity contribution in [1.82, 2.24) is 14.6 Å². The minimum atomic E-state index is -4.40. The summed E-state index contributed by atoms with van der Waals surface area (Å²) in [4.78, 5) is 37.9. The Balaban J connectivity index is 1.55. The average Bonchev–Trinajstić information content (AvgIpc) is 3.57. The lowest BCUT2D eigenvalue weighted by molar-refractivity contribution is -0.149. The average molecular weight is 604 g/mol. The van der Waals surface area contributed by atoms with Crippen LogP contribution >= 0.6 is 19.3 Å². The van der Waals surface area contributed by atoms with Crippen molar-refractivity contribution in [1.29, 1.82) is 0 Å². The van der Waals surface area contributed by atoms with Gasteiger partial charge in [-0.3, -0.25) is 23.7 Å². The van der Waals surface area contributed by atoms with E-state index in [0.717, 1.165) is 30.7 Å². The van der Waals surface area contributed by atoms with Gasteiger partial charge in [0, 0.05) is 12.3 Å². The molecule has 0 amide bonds. The second-order valence-electron chi connectivity index (χ2n) is 10.5. The van der Waals surface area contributed by atoms with Crippen LogP contribution in [0.4, 0.5) is 4.39 Å². The third-order valence-corrected chi connectivity index (χ3v) is 8.76. The van der Waals surface area contributed by atoms with Gasteiger partial charge in [-0.1, -0.05) is 30.7 Å². The molecule has 40 heavy (non-hydrogen) atoms. The van der Waals surface area contributed by atoms with Crippen molar-refractivity contribution in [2.45, 2.75) is 81.7 Å². The van der Waals surface area contributed by atoms with E-state index in [0.29, 0.717) is 4.57 Å². The molecule has 2 fully saturated rings. The van der Waals surface area contributed by atoms with Gasteiger partial charge in [0.2, 0.25) is 0 Å². The lowest BCUT2D eigenvalue weighted by Gasteiger charge is -2.25. The van der Waals surface area contributed by atoms with E-state index in [9.17, 15) is 24.1 Å². The molecule has 2 aliphatic rings. The van der Waals surface area contributed by atoms with Crippen LogP contribution < -0.4 is 20.9 Å². The maximum Gasteiger partial charge on any atom is 0.459 e. The first-order valence-electron chi connectivity index (χ1n) is 12.7. The summed E-state index contributed by atoms with van der Waals surface area (Å²) < 4.78 is 51.9. The van der Waals surface area contributed by atoms with E-state index < -0.39 is 67.3 Å². The number of aliphatic hydroxyl groups is 1. The molecule has 1 saturated heterocycles. The highest BCUT2D eigenvalue weighted by Gasteiger charge is 2.58. The Morgan fingerprint density at radius 2 is 2.02 bits per heavy atom. The molecule has 220 valence electrons. The molecule has 0 bridgehead atoms. The molecule has 4 rings (SSSR count). The normalized spacial score (nSPS) is 27.6. The molecule has 12 nitrogen and oxygen atoms in total. The van der Waals surface area contributed by atoms with Gasteiger partial charge in [0.25, 0.3) is 10.7 Å². The van der Waals surface area contributed by atoms with E-state index in [1.165, 1.54) is 6.92 Å². The predicted octanol–water partition coefficient (Wildman–Crippen LogP) is 2.88. The second kappa shape index (κ2) is 11.4. The maximum absolute atomic E-state index is 15.4. The van der Waals surface area contributed by atoms with E-state index in [2.05, 4.69) is 12.0 Å². The van der Waals surface area contributed by atoms with Crippen LogP contribution in [0.3, 0.4) is 0 Å². The van der Waals surface area contributed by atoms with Gasteiger partial charge < -0.3 is 19.1 Å². The number of aromatic nitrogens is 2. The summed E-state index contributed by atoms with van der Waals surface area (Å²) in [7, 11) is -4.40. The number of benzene rings is 1. The third-order valence-electron chi connectivity index (χ3n) is 6.71. The summed E-state index contributed by atoms with van der Waals surface area (Å²) in [6.45, 7) is 6.07. The van der Waals surface area contributed by atoms with E-state index in [4.69, 9.17) is 30.1 Å². The van der Waals surface area contributed by atoms with Crippen molar-refractivity contribution in [3.05, 3.63) is 62.9 Å². The van der Waals surface area contributed by atoms with Crippen molar-refractivity contribution in [2.24, 2.45) is 0 Å². The van der Waals surface area contributed by atoms with Crippen LogP contribution in [0.2, 0.25) is 0 Å². The zero-order valence-corrected chi connectivity index (χ0v) is 24.0. The van der Waals surface area contributed by atoms with E-state index in [1.807, 2.05) is 11.1 Å². The molecule has 2 heterocycles. The van der Waals surface area contributed by atoms with Crippen molar-refractivity contribution in [3.8, 4) is 5.75 Å². The van der Waals surface area contributed by atoms with E-state index >= 15 is 4.39 Å². The van der Waals surface area contributed by atoms with Crippen molar-refractivity contribution >= 4 is 25.3 Å². The third kappa shape index (κ3) is 6.67. The van der Waals surface area contributed by atoms with Crippen LogP contribution in [0.15, 0.2) is 46.1 Å². The fourth-order valence-electron chi connectivity index (χ4n) is 4.15. The number of ether oxygens (including phenoxy) is 2. The summed E-state index contributed by atoms with van der Waals surface area (Å²) >= 11 is 5.92. The van der Waals surface area contributed by atoms with Crippen molar-refractivity contribution < 1.29 is 37.4 Å². The van der Waals surface area contributed by atoms with Gasteiger partial charge in [-0.25, -0.2) is 13.8 Å². The largest absolute Gasteiger partial charge is 0.462 e. The second-order valence-corrected chi connectivity index (χ2v) is 12.7. The number of aliphatic hydroxyl groups excluding tert-OH is 1. The standard InChI is InChI=1S/C25H32ClFN3O9P/c1-14(2)37-21(33)15(3)29-40(35,39-17-7-5-6-16(12-17)24(4)9-10-24)36-13-18-20(32)25(26,27)22(38-18)30-11-8-19(31)28-23(30)34/h5-8,11-12,14-15,18,20,22,32H,9-10,13H2,1-4H3,(H,29,35)(H,28,31,34)/t15-,18+,20+,22?,25+,40?/m0/s1. The molecule has 15 heteroatoms. The fraction of sp³-hybridized carbons (Fsp3) is 0.560. The lowest BCUT2D eigenvalue weighted by Crippen LogP contribution is -2.42. The number of hydrogen-bond acceptors (Lipinski definition) is 9. The SMILES string of the molecule is CC(C)OC(=O)[C@H](C)NP(=O)(OC[C@H]1OC(n2ccc(=O)[nH]c2=O)[C@@](F)(Cl)[C@@H]1O)Oc1cccc(C2(C)CC2)c1. The number of carbonyl (C=O) groups excluding carboxylic acids is 1. The number of hydrogen-bond donors (Lipinski definition) is 3. The zero-order valence-electron chi connectivity index (χ0n) is 22.3. The maximum atomic E-state index is 15.4. The molecule has 1 aromatic carbocycles. The first-order chi connectivity index (χ1) is 18.6. The number of H-pyrrole nitrogens is 1. The number of esters is 1. The highest BCUT2D eigenvalue weighted by Crippen LogP contribution is 2.51. The van der Waals surface area contributed by atoms with Crippen molar-refractivity contribution in [2.75, 3.05) is 6.61 Å². The monoisotopic (exact) mass is 603 g/mol. The minimum absolute atomic E-state index is 0.0204. The Bertz CT molecular complexity index is 1410. The summed E-state index contributed by atoms with van der Waals surface area (Å²) in [5.74, 6) is -0.534. The van der Waals surface area contributed by atoms with E-state index in [1.54, 1.807) is 32.0 Å². The highest BCUT2D eigenvalue weighted by atomic mass is 35.5. The summed E-state index contributed by atoms with van der Waals surface area (Å²) in [5.41, 5.74) is -0.802. The molecule has 2 unspecified atom stereocenters. The molecule has 1 aromatic heterocycles. The van der Waals surface area contributed by atoms with Gasteiger partial charge in [-0.05, 0) is 56.7 Å². The molecule has 2 aromatic rings. The summed E-state index contributed by atoms with van der Waals surface area (Å²) in [5, 5.41) is 10.1. The number of halogens is 2. The lowest BCUT2D eigenvalue weighted by atomic mass is 9.98. The van der Waals surface area contributed by atoms with Crippen LogP contribution in [-0.2, 0) is 28.8 Å². The zero-order chi connectivity index (χ0) is 29.5. The molecule has 1 aliphatic heterocycles. The van der Waals surface area contributed by atoms with Gasteiger partial charge in [0.15, 0.2) is 6.23 Å². The number of carbonyl (C=O) groups is 1. The van der Waals surface area contributed by atoms with Crippen LogP contribution in [0.25, 0.3) is 0 Å². The predicted molar refractivity (Wildman–Crippen MR) is 142 cm³/mol. The first-order valence-corrected chi connectivity index (χ1v) is 14.6. The fourth-order valence-corrected chi connectivity index (χ4v) is 5.94. The van der Waals surface area contributed by atoms with Gasteiger partial charge in [0.1, 0.15) is 24.0 Å². The minimum Gasteiger partial charge on any atom is -0.462 e. The van der Waals surface area contributed by atoms with Crippen LogP contribution in [0.5, 0.6) is 5.75 Å². The number of nitrogens with one attached hydrogen (secondary N) is 2. The summed E-state index contributed by atoms with van der Waals surface area (Å²) in [6.07, 6.45) is -2.94. The Labute approximate surface area is 234 Å². The smallest absolute Gasteiger partial charge is 0.459 e. The van der Waals surface area contributed by atoms with Gasteiger partial charge in [-0.15, -0.1) is 0 Å². The van der Waals surface area contributed by atoms with Gasteiger partial charge >= 0.3 is 19.4 Å². The van der Waals surface area contributed by atoms with Crippen LogP contribution in [0.1, 0.15) is 52.3 Å². The van der Waals surface area contributed by atoms with Crippen molar-refractivity contribution in [3.63, 3.8) is 0 Å². The number of aromatic amines is 1. The Hall–Kier alpha value is -2.54. The Morgan fingerprint density at radius 3 is 2.65 bits per heavy atom. The van der Waals surface area contributed by atoms with E-state index in [-0.39, 0.29) is 11.2 Å². The van der Waals surface area contributed by atoms with Crippen LogP contribution in [0, 0.1) is 0 Å². The molecule has 3 N–H and O–H groups in total. The Kier molecular flexibility index (Phi) is 8.66.